The lowest BCUT2D eigenvalue weighted by atomic mass is 10.1. The number of aromatic nitrogens is 2. The van der Waals surface area contributed by atoms with Gasteiger partial charge in [0.05, 0.1) is 12.2 Å². The van der Waals surface area contributed by atoms with E-state index in [9.17, 15) is 8.78 Å². The molecule has 2 aromatic rings. The molecule has 2 rings (SSSR count). The van der Waals surface area contributed by atoms with Crippen LogP contribution in [0.2, 0.25) is 0 Å². The predicted molar refractivity (Wildman–Crippen MR) is 58.7 cm³/mol. The van der Waals surface area contributed by atoms with Crippen LogP contribution in [0.3, 0.4) is 0 Å². The lowest BCUT2D eigenvalue weighted by molar-refractivity contribution is 0.563. The number of H-pyrrole nitrogens is 1. The SMILES string of the molecule is NC(c1ncc(Br)[nH]1)c1ccc(F)cc1F. The standard InChI is InChI=1S/C10H8BrF2N3/c11-8-4-15-10(16-8)9(14)6-2-1-5(12)3-7(6)13/h1-4,9H,14H2,(H,15,16). The van der Waals surface area contributed by atoms with Gasteiger partial charge in [0, 0.05) is 11.6 Å². The topological polar surface area (TPSA) is 54.7 Å². The zero-order valence-electron chi connectivity index (χ0n) is 8.05. The molecular formula is C10H8BrF2N3. The summed E-state index contributed by atoms with van der Waals surface area (Å²) in [5, 5.41) is 0. The summed E-state index contributed by atoms with van der Waals surface area (Å²) >= 11 is 3.18. The summed E-state index contributed by atoms with van der Waals surface area (Å²) in [6.07, 6.45) is 1.52. The van der Waals surface area contributed by atoms with Gasteiger partial charge in [-0.2, -0.15) is 0 Å². The number of rotatable bonds is 2. The average molecular weight is 288 g/mol. The molecule has 0 saturated carbocycles. The van der Waals surface area contributed by atoms with E-state index in [1.165, 1.54) is 12.3 Å². The van der Waals surface area contributed by atoms with Gasteiger partial charge in [-0.1, -0.05) is 6.07 Å². The molecule has 0 amide bonds. The molecule has 0 radical (unpaired) electrons. The van der Waals surface area contributed by atoms with E-state index in [1.54, 1.807) is 0 Å². The zero-order valence-corrected chi connectivity index (χ0v) is 9.63. The maximum Gasteiger partial charge on any atom is 0.131 e. The molecule has 1 aromatic carbocycles. The van der Waals surface area contributed by atoms with E-state index in [1.807, 2.05) is 0 Å². The van der Waals surface area contributed by atoms with Crippen molar-refractivity contribution in [3.8, 4) is 0 Å². The Balaban J connectivity index is 2.37. The minimum atomic E-state index is -0.744. The van der Waals surface area contributed by atoms with Crippen LogP contribution in [0.1, 0.15) is 17.4 Å². The van der Waals surface area contributed by atoms with E-state index in [0.717, 1.165) is 12.1 Å². The highest BCUT2D eigenvalue weighted by Gasteiger charge is 2.16. The van der Waals surface area contributed by atoms with Crippen LogP contribution < -0.4 is 5.73 Å². The third-order valence-electron chi connectivity index (χ3n) is 2.16. The minimum absolute atomic E-state index is 0.197. The van der Waals surface area contributed by atoms with Crippen molar-refractivity contribution < 1.29 is 8.78 Å². The molecule has 1 heterocycles. The predicted octanol–water partition coefficient (Wildman–Crippen LogP) is 2.50. The van der Waals surface area contributed by atoms with Gasteiger partial charge in [-0.3, -0.25) is 0 Å². The normalized spacial score (nSPS) is 12.8. The summed E-state index contributed by atoms with van der Waals surface area (Å²) in [6.45, 7) is 0. The van der Waals surface area contributed by atoms with Gasteiger partial charge < -0.3 is 10.7 Å². The van der Waals surface area contributed by atoms with Crippen LogP contribution in [0.5, 0.6) is 0 Å². The molecule has 84 valence electrons. The highest BCUT2D eigenvalue weighted by Crippen LogP contribution is 2.21. The summed E-state index contributed by atoms with van der Waals surface area (Å²) in [5.74, 6) is -0.897. The van der Waals surface area contributed by atoms with Crippen LogP contribution in [0.4, 0.5) is 8.78 Å². The van der Waals surface area contributed by atoms with Crippen molar-refractivity contribution in [1.29, 1.82) is 0 Å². The molecule has 0 aliphatic carbocycles. The van der Waals surface area contributed by atoms with Crippen molar-refractivity contribution in [3.05, 3.63) is 52.0 Å². The summed E-state index contributed by atoms with van der Waals surface area (Å²) < 4.78 is 26.8. The summed E-state index contributed by atoms with van der Waals surface area (Å²) in [7, 11) is 0. The second kappa shape index (κ2) is 4.31. The number of nitrogens with one attached hydrogen (secondary N) is 1. The molecule has 6 heteroatoms. The van der Waals surface area contributed by atoms with Crippen molar-refractivity contribution >= 4 is 15.9 Å². The lowest BCUT2D eigenvalue weighted by Gasteiger charge is -2.10. The van der Waals surface area contributed by atoms with Crippen molar-refractivity contribution in [2.24, 2.45) is 5.73 Å². The monoisotopic (exact) mass is 287 g/mol. The highest BCUT2D eigenvalue weighted by molar-refractivity contribution is 9.10. The first kappa shape index (κ1) is 11.2. The van der Waals surface area contributed by atoms with Gasteiger partial charge in [-0.25, -0.2) is 13.8 Å². The highest BCUT2D eigenvalue weighted by atomic mass is 79.9. The maximum absolute atomic E-state index is 13.4. The summed E-state index contributed by atoms with van der Waals surface area (Å²) in [6, 6.07) is 2.53. The largest absolute Gasteiger partial charge is 0.335 e. The van der Waals surface area contributed by atoms with E-state index in [2.05, 4.69) is 25.9 Å². The first-order chi connectivity index (χ1) is 7.58. The molecule has 0 fully saturated rings. The Kier molecular flexibility index (Phi) is 3.02. The molecule has 0 aliphatic heterocycles. The van der Waals surface area contributed by atoms with E-state index in [4.69, 9.17) is 5.73 Å². The molecule has 3 N–H and O–H groups in total. The number of nitrogens with two attached hydrogens (primary N) is 1. The lowest BCUT2D eigenvalue weighted by Crippen LogP contribution is -2.15. The van der Waals surface area contributed by atoms with E-state index >= 15 is 0 Å². The Hall–Kier alpha value is -1.27. The van der Waals surface area contributed by atoms with Gasteiger partial charge in [-0.05, 0) is 22.0 Å². The van der Waals surface area contributed by atoms with Crippen LogP contribution in [0, 0.1) is 11.6 Å². The molecule has 0 bridgehead atoms. The molecular weight excluding hydrogens is 280 g/mol. The molecule has 1 unspecified atom stereocenters. The van der Waals surface area contributed by atoms with Crippen molar-refractivity contribution in [3.63, 3.8) is 0 Å². The number of halogens is 3. The van der Waals surface area contributed by atoms with Crippen molar-refractivity contribution in [1.82, 2.24) is 9.97 Å². The Labute approximate surface area is 98.8 Å². The number of aromatic amines is 1. The van der Waals surface area contributed by atoms with Gasteiger partial charge in [-0.15, -0.1) is 0 Å². The van der Waals surface area contributed by atoms with Gasteiger partial charge >= 0.3 is 0 Å². The first-order valence-corrected chi connectivity index (χ1v) is 5.28. The van der Waals surface area contributed by atoms with Gasteiger partial charge in [0.1, 0.15) is 22.1 Å². The number of nitrogens with zero attached hydrogens (tertiary/aromatic N) is 1. The van der Waals surface area contributed by atoms with Crippen molar-refractivity contribution in [2.45, 2.75) is 6.04 Å². The molecule has 0 spiro atoms. The maximum atomic E-state index is 13.4. The van der Waals surface area contributed by atoms with Crippen molar-refractivity contribution in [2.75, 3.05) is 0 Å². The summed E-state index contributed by atoms with van der Waals surface area (Å²) in [4.78, 5) is 6.80. The Morgan fingerprint density at radius 1 is 1.38 bits per heavy atom. The quantitative estimate of drug-likeness (QED) is 0.892. The minimum Gasteiger partial charge on any atom is -0.335 e. The van der Waals surface area contributed by atoms with Gasteiger partial charge in [0.25, 0.3) is 0 Å². The Bertz CT molecular complexity index is 513. The second-order valence-electron chi connectivity index (χ2n) is 3.26. The molecule has 0 aliphatic rings. The molecule has 0 saturated heterocycles. The van der Waals surface area contributed by atoms with Gasteiger partial charge in [0.15, 0.2) is 0 Å². The number of imidazole rings is 1. The smallest absolute Gasteiger partial charge is 0.131 e. The number of hydrogen-bond donors (Lipinski definition) is 2. The fraction of sp³-hybridized carbons (Fsp3) is 0.100. The molecule has 16 heavy (non-hydrogen) atoms. The van der Waals surface area contributed by atoms with E-state index in [0.29, 0.717) is 10.4 Å². The fourth-order valence-electron chi connectivity index (χ4n) is 1.37. The fourth-order valence-corrected chi connectivity index (χ4v) is 1.68. The average Bonchev–Trinajstić information content (AvgIpc) is 2.64. The van der Waals surface area contributed by atoms with Crippen LogP contribution in [-0.2, 0) is 0 Å². The van der Waals surface area contributed by atoms with Crippen LogP contribution in [-0.4, -0.2) is 9.97 Å². The third-order valence-corrected chi connectivity index (χ3v) is 2.56. The number of hydrogen-bond acceptors (Lipinski definition) is 2. The second-order valence-corrected chi connectivity index (χ2v) is 4.11. The first-order valence-electron chi connectivity index (χ1n) is 4.49. The van der Waals surface area contributed by atoms with E-state index < -0.39 is 17.7 Å². The van der Waals surface area contributed by atoms with Crippen LogP contribution in [0.25, 0.3) is 0 Å². The molecule has 3 nitrogen and oxygen atoms in total. The van der Waals surface area contributed by atoms with Crippen LogP contribution in [0.15, 0.2) is 29.0 Å². The Morgan fingerprint density at radius 2 is 2.12 bits per heavy atom. The van der Waals surface area contributed by atoms with Crippen LogP contribution >= 0.6 is 15.9 Å². The Morgan fingerprint density at radius 3 is 2.69 bits per heavy atom. The number of benzene rings is 1. The zero-order chi connectivity index (χ0) is 11.7. The van der Waals surface area contributed by atoms with E-state index in [-0.39, 0.29) is 5.56 Å². The third kappa shape index (κ3) is 2.12. The molecule has 1 atom stereocenters. The summed E-state index contributed by atoms with van der Waals surface area (Å²) in [5.41, 5.74) is 6.00. The van der Waals surface area contributed by atoms with Gasteiger partial charge in [0.2, 0.25) is 0 Å². The molecule has 1 aromatic heterocycles.